The van der Waals surface area contributed by atoms with Gasteiger partial charge in [-0.1, -0.05) is 25.7 Å². The molecule has 2 aliphatic carbocycles. The number of fused-ring (bicyclic) bond motifs is 2. The predicted octanol–water partition coefficient (Wildman–Crippen LogP) is 0.553. The second-order valence-electron chi connectivity index (χ2n) is 9.16. The van der Waals surface area contributed by atoms with Crippen molar-refractivity contribution in [2.45, 2.75) is 76.1 Å². The summed E-state index contributed by atoms with van der Waals surface area (Å²) in [5, 5.41) is 7.39. The minimum atomic E-state index is -2.48. The van der Waals surface area contributed by atoms with Gasteiger partial charge >= 0.3 is 29.6 Å². The average Bonchev–Trinajstić information content (AvgIpc) is 3.37. The summed E-state index contributed by atoms with van der Waals surface area (Å²) in [5.41, 5.74) is 6.65. The zero-order valence-corrected chi connectivity index (χ0v) is 22.2. The molecule has 1 N–H and O–H groups in total. The van der Waals surface area contributed by atoms with Gasteiger partial charge in [0, 0.05) is 31.4 Å². The van der Waals surface area contributed by atoms with E-state index in [0.29, 0.717) is 12.6 Å². The minimum Gasteiger partial charge on any atom is -0.766 e. The summed E-state index contributed by atoms with van der Waals surface area (Å²) >= 11 is -2.48. The molecular weight excluding hydrogens is 427 g/mol. The van der Waals surface area contributed by atoms with Crippen molar-refractivity contribution in [1.82, 2.24) is 14.8 Å². The van der Waals surface area contributed by atoms with Crippen molar-refractivity contribution in [3.8, 4) is 0 Å². The molecule has 0 saturated heterocycles. The fourth-order valence-electron chi connectivity index (χ4n) is 4.18. The number of hydrogen-bond donors (Lipinski definition) is 1. The van der Waals surface area contributed by atoms with Crippen molar-refractivity contribution >= 4 is 30.8 Å². The molecule has 1 unspecified atom stereocenters. The first kappa shape index (κ1) is 24.1. The van der Waals surface area contributed by atoms with Gasteiger partial charge in [-0.3, -0.25) is 4.21 Å². The number of aryl methyl sites for hydroxylation is 2. The van der Waals surface area contributed by atoms with E-state index in [-0.39, 0.29) is 41.4 Å². The summed E-state index contributed by atoms with van der Waals surface area (Å²) in [6, 6.07) is 3.42. The van der Waals surface area contributed by atoms with Crippen molar-refractivity contribution in [2.24, 2.45) is 0 Å². The van der Waals surface area contributed by atoms with Crippen molar-refractivity contribution in [1.29, 1.82) is 0 Å². The number of hydrogen-bond acceptors (Lipinski definition) is 6. The second-order valence-corrected chi connectivity index (χ2v) is 15.6. The van der Waals surface area contributed by atoms with Crippen LogP contribution >= 0.6 is 0 Å². The summed E-state index contributed by atoms with van der Waals surface area (Å²) in [5.74, 6) is 0.437. The molecule has 1 heterocycles. The topological polar surface area (TPSA) is 92.1 Å². The van der Waals surface area contributed by atoms with E-state index >= 15 is 0 Å². The van der Waals surface area contributed by atoms with E-state index in [9.17, 15) is 8.76 Å². The van der Waals surface area contributed by atoms with Crippen LogP contribution in [0, 0.1) is 0 Å². The molecule has 1 aromatic carbocycles. The molecule has 0 bridgehead atoms. The van der Waals surface area contributed by atoms with Gasteiger partial charge in [0.1, 0.15) is 6.73 Å². The summed E-state index contributed by atoms with van der Waals surface area (Å²) in [4.78, 5) is 4.24. The van der Waals surface area contributed by atoms with E-state index in [4.69, 9.17) is 4.74 Å². The van der Waals surface area contributed by atoms with Crippen molar-refractivity contribution in [2.75, 3.05) is 11.9 Å². The van der Waals surface area contributed by atoms with Crippen LogP contribution in [-0.4, -0.2) is 38.2 Å². The molecule has 1 aromatic heterocycles. The van der Waals surface area contributed by atoms with Crippen LogP contribution in [0.4, 0.5) is 11.6 Å². The first-order chi connectivity index (χ1) is 13.8. The Hall–Kier alpha value is -0.553. The predicted molar refractivity (Wildman–Crippen MR) is 115 cm³/mol. The Bertz CT molecular complexity index is 913. The standard InChI is InChI=1S/C20H30N4O3SSi.Na/c1-29(2,3)11-10-27-13-24-19(22-20(23-24)28(25)26)21-18-16-8-4-6-14(16)12-15-7-5-9-17(15)18;/h12H,4-11,13H2,1-3H3,(H,25,26)(H,21,22,23);/q;+1/p-1. The van der Waals surface area contributed by atoms with Crippen LogP contribution in [-0.2, 0) is 48.2 Å². The monoisotopic (exact) mass is 456 g/mol. The maximum absolute atomic E-state index is 11.5. The van der Waals surface area contributed by atoms with E-state index in [1.807, 2.05) is 0 Å². The maximum Gasteiger partial charge on any atom is 1.00 e. The van der Waals surface area contributed by atoms with E-state index in [1.165, 1.54) is 26.9 Å². The molecule has 0 saturated carbocycles. The number of ether oxygens (including phenoxy) is 1. The average molecular weight is 457 g/mol. The normalized spacial score (nSPS) is 16.1. The smallest absolute Gasteiger partial charge is 0.766 e. The van der Waals surface area contributed by atoms with Gasteiger partial charge in [0.15, 0.2) is 0 Å². The molecule has 158 valence electrons. The fraction of sp³-hybridized carbons (Fsp3) is 0.600. The molecule has 2 aliphatic rings. The molecule has 10 heteroatoms. The zero-order chi connectivity index (χ0) is 20.6. The molecule has 7 nitrogen and oxygen atoms in total. The molecule has 0 amide bonds. The van der Waals surface area contributed by atoms with Crippen LogP contribution < -0.4 is 34.9 Å². The van der Waals surface area contributed by atoms with E-state index in [0.717, 1.165) is 50.3 Å². The Morgan fingerprint density at radius 3 is 2.37 bits per heavy atom. The summed E-state index contributed by atoms with van der Waals surface area (Å²) in [6.45, 7) is 7.73. The van der Waals surface area contributed by atoms with Crippen LogP contribution in [0.3, 0.4) is 0 Å². The molecule has 1 atom stereocenters. The molecule has 4 rings (SSSR count). The third-order valence-corrected chi connectivity index (χ3v) is 7.90. The van der Waals surface area contributed by atoms with Gasteiger partial charge in [0.05, 0.1) is 0 Å². The first-order valence-electron chi connectivity index (χ1n) is 10.4. The Morgan fingerprint density at radius 1 is 1.17 bits per heavy atom. The van der Waals surface area contributed by atoms with Gasteiger partial charge in [0.25, 0.3) is 0 Å². The van der Waals surface area contributed by atoms with Gasteiger partial charge in [0.2, 0.25) is 11.1 Å². The zero-order valence-electron chi connectivity index (χ0n) is 18.4. The summed E-state index contributed by atoms with van der Waals surface area (Å²) in [7, 11) is -1.19. The van der Waals surface area contributed by atoms with Crippen LogP contribution in [0.5, 0.6) is 0 Å². The Labute approximate surface area is 204 Å². The van der Waals surface area contributed by atoms with Crippen molar-refractivity contribution in [3.63, 3.8) is 0 Å². The van der Waals surface area contributed by atoms with Gasteiger partial charge in [-0.25, -0.2) is 4.68 Å². The number of aromatic nitrogens is 3. The van der Waals surface area contributed by atoms with Crippen molar-refractivity contribution < 1.29 is 43.1 Å². The number of rotatable bonds is 8. The molecule has 0 radical (unpaired) electrons. The van der Waals surface area contributed by atoms with Crippen LogP contribution in [0.1, 0.15) is 35.1 Å². The molecule has 0 fully saturated rings. The second kappa shape index (κ2) is 9.93. The van der Waals surface area contributed by atoms with Gasteiger partial charge in [-0.2, -0.15) is 4.98 Å². The quantitative estimate of drug-likeness (QED) is 0.354. The molecule has 0 spiro atoms. The largest absolute Gasteiger partial charge is 1.00 e. The van der Waals surface area contributed by atoms with E-state index < -0.39 is 19.2 Å². The minimum absolute atomic E-state index is 0. The first-order valence-corrected chi connectivity index (χ1v) is 15.2. The Kier molecular flexibility index (Phi) is 7.98. The van der Waals surface area contributed by atoms with Crippen molar-refractivity contribution in [3.05, 3.63) is 28.3 Å². The number of nitrogens with one attached hydrogen (secondary N) is 1. The van der Waals surface area contributed by atoms with Crippen LogP contribution in [0.2, 0.25) is 25.7 Å². The third kappa shape index (κ3) is 5.43. The number of anilines is 2. The molecular formula is C20H29N4NaO3SSi. The Morgan fingerprint density at radius 2 is 1.80 bits per heavy atom. The van der Waals surface area contributed by atoms with Gasteiger partial charge < -0.3 is 14.6 Å². The molecule has 0 aliphatic heterocycles. The number of benzene rings is 1. The van der Waals surface area contributed by atoms with E-state index in [2.05, 4.69) is 41.1 Å². The van der Waals surface area contributed by atoms with Crippen LogP contribution in [0.15, 0.2) is 11.2 Å². The SMILES string of the molecule is C[Si](C)(C)CCOCn1nc(S(=O)[O-])nc1Nc1c2c(cc3c1CCC3)CCC2.[Na+]. The van der Waals surface area contributed by atoms with Crippen LogP contribution in [0.25, 0.3) is 0 Å². The molecule has 30 heavy (non-hydrogen) atoms. The maximum atomic E-state index is 11.5. The summed E-state index contributed by atoms with van der Waals surface area (Å²) < 4.78 is 30.2. The third-order valence-electron chi connectivity index (χ3n) is 5.72. The van der Waals surface area contributed by atoms with Gasteiger partial charge in [-0.15, -0.1) is 5.10 Å². The summed E-state index contributed by atoms with van der Waals surface area (Å²) in [6.07, 6.45) is 6.64. The number of nitrogens with zero attached hydrogens (tertiary/aromatic N) is 3. The van der Waals surface area contributed by atoms with Gasteiger partial charge in [-0.05, 0) is 66.8 Å². The molecule has 2 aromatic rings. The van der Waals surface area contributed by atoms with E-state index in [1.54, 1.807) is 0 Å². The fourth-order valence-corrected chi connectivity index (χ4v) is 5.27. The Balaban J connectivity index is 0.00000256.